The van der Waals surface area contributed by atoms with Crippen molar-refractivity contribution >= 4 is 5.91 Å². The Hall–Kier alpha value is -1.49. The molecular formula is C13H18F2N2O. The van der Waals surface area contributed by atoms with E-state index >= 15 is 0 Å². The number of hydrogen-bond acceptors (Lipinski definition) is 2. The number of hydrogen-bond donors (Lipinski definition) is 2. The van der Waals surface area contributed by atoms with E-state index in [0.29, 0.717) is 25.3 Å². The summed E-state index contributed by atoms with van der Waals surface area (Å²) in [5.41, 5.74) is 5.72. The van der Waals surface area contributed by atoms with E-state index in [9.17, 15) is 13.6 Å². The summed E-state index contributed by atoms with van der Waals surface area (Å²) in [4.78, 5) is 11.5. The molecule has 0 aliphatic carbocycles. The van der Waals surface area contributed by atoms with Gasteiger partial charge in [0.05, 0.1) is 0 Å². The third-order valence-electron chi connectivity index (χ3n) is 2.76. The molecule has 3 nitrogen and oxygen atoms in total. The zero-order valence-electron chi connectivity index (χ0n) is 10.4. The molecular weight excluding hydrogens is 238 g/mol. The van der Waals surface area contributed by atoms with Crippen LogP contribution in [0.5, 0.6) is 0 Å². The van der Waals surface area contributed by atoms with Gasteiger partial charge in [-0.1, -0.05) is 13.0 Å². The highest BCUT2D eigenvalue weighted by molar-refractivity contribution is 5.75. The minimum atomic E-state index is -0.648. The predicted molar refractivity (Wildman–Crippen MR) is 65.7 cm³/mol. The Bertz CT molecular complexity index is 410. The van der Waals surface area contributed by atoms with E-state index in [0.717, 1.165) is 6.07 Å². The smallest absolute Gasteiger partial charge is 0.220 e. The first-order valence-electron chi connectivity index (χ1n) is 5.93. The van der Waals surface area contributed by atoms with Crippen LogP contribution in [0.1, 0.15) is 25.3 Å². The molecule has 0 spiro atoms. The van der Waals surface area contributed by atoms with E-state index in [2.05, 4.69) is 5.32 Å². The summed E-state index contributed by atoms with van der Waals surface area (Å²) in [6, 6.07) is 3.30. The molecule has 0 saturated heterocycles. The Kier molecular flexibility index (Phi) is 5.71. The van der Waals surface area contributed by atoms with Gasteiger partial charge in [0.2, 0.25) is 5.91 Å². The maximum absolute atomic E-state index is 13.3. The minimum Gasteiger partial charge on any atom is -0.352 e. The molecule has 0 bridgehead atoms. The maximum Gasteiger partial charge on any atom is 0.220 e. The van der Waals surface area contributed by atoms with Crippen molar-refractivity contribution < 1.29 is 13.6 Å². The molecule has 0 aliphatic rings. The van der Waals surface area contributed by atoms with Gasteiger partial charge in [0.1, 0.15) is 11.6 Å². The van der Waals surface area contributed by atoms with Gasteiger partial charge in [-0.2, -0.15) is 0 Å². The fourth-order valence-corrected chi connectivity index (χ4v) is 1.44. The van der Waals surface area contributed by atoms with E-state index in [-0.39, 0.29) is 18.0 Å². The highest BCUT2D eigenvalue weighted by Gasteiger charge is 2.07. The number of halogens is 2. The van der Waals surface area contributed by atoms with Gasteiger partial charge in [-0.05, 0) is 24.9 Å². The summed E-state index contributed by atoms with van der Waals surface area (Å²) in [5, 5.41) is 2.60. The lowest BCUT2D eigenvalue weighted by Crippen LogP contribution is -2.24. The summed E-state index contributed by atoms with van der Waals surface area (Å²) in [6.45, 7) is 2.58. The molecule has 5 heteroatoms. The summed E-state index contributed by atoms with van der Waals surface area (Å²) in [5.74, 6) is -1.14. The van der Waals surface area contributed by atoms with Crippen LogP contribution in [0.15, 0.2) is 18.2 Å². The molecule has 1 aromatic rings. The van der Waals surface area contributed by atoms with Crippen molar-refractivity contribution in [2.24, 2.45) is 11.7 Å². The highest BCUT2D eigenvalue weighted by atomic mass is 19.1. The van der Waals surface area contributed by atoms with Crippen LogP contribution in [0, 0.1) is 17.6 Å². The average molecular weight is 256 g/mol. The van der Waals surface area contributed by atoms with Gasteiger partial charge < -0.3 is 11.1 Å². The molecule has 0 aliphatic heterocycles. The van der Waals surface area contributed by atoms with Gasteiger partial charge >= 0.3 is 0 Å². The molecule has 1 amide bonds. The lowest BCUT2D eigenvalue weighted by Gasteiger charge is -2.09. The van der Waals surface area contributed by atoms with E-state index in [1.54, 1.807) is 0 Å². The second-order valence-corrected chi connectivity index (χ2v) is 4.39. The van der Waals surface area contributed by atoms with Crippen LogP contribution in [0.4, 0.5) is 8.78 Å². The summed E-state index contributed by atoms with van der Waals surface area (Å²) < 4.78 is 25.9. The quantitative estimate of drug-likeness (QED) is 0.817. The second kappa shape index (κ2) is 7.06. The van der Waals surface area contributed by atoms with Gasteiger partial charge in [-0.25, -0.2) is 8.78 Å². The number of nitrogens with two attached hydrogens (primary N) is 1. The first-order chi connectivity index (χ1) is 8.52. The number of amides is 1. The molecule has 3 N–H and O–H groups in total. The van der Waals surface area contributed by atoms with Crippen LogP contribution in [-0.4, -0.2) is 12.5 Å². The fraction of sp³-hybridized carbons (Fsp3) is 0.462. The van der Waals surface area contributed by atoms with Crippen molar-refractivity contribution in [2.45, 2.75) is 26.3 Å². The minimum absolute atomic E-state index is 0.0714. The summed E-state index contributed by atoms with van der Waals surface area (Å²) >= 11 is 0. The van der Waals surface area contributed by atoms with Gasteiger partial charge in [0.25, 0.3) is 0 Å². The van der Waals surface area contributed by atoms with Gasteiger partial charge in [0.15, 0.2) is 0 Å². The highest BCUT2D eigenvalue weighted by Crippen LogP contribution is 2.09. The molecule has 0 aromatic heterocycles. The summed E-state index contributed by atoms with van der Waals surface area (Å²) in [6.07, 6.45) is 1.06. The number of carbonyl (C=O) groups excluding carboxylic acids is 1. The molecule has 1 atom stereocenters. The molecule has 1 aromatic carbocycles. The Balaban J connectivity index is 2.38. The standard InChI is InChI=1S/C13H18F2N2O/c1-9(7-16)2-5-13(18)17-8-10-3-4-11(14)6-12(10)15/h3-4,6,9H,2,5,7-8,16H2,1H3,(H,17,18). The second-order valence-electron chi connectivity index (χ2n) is 4.39. The van der Waals surface area contributed by atoms with Crippen molar-refractivity contribution in [3.05, 3.63) is 35.4 Å². The fourth-order valence-electron chi connectivity index (χ4n) is 1.44. The zero-order valence-corrected chi connectivity index (χ0v) is 10.4. The molecule has 0 radical (unpaired) electrons. The van der Waals surface area contributed by atoms with Gasteiger partial charge in [-0.15, -0.1) is 0 Å². The van der Waals surface area contributed by atoms with Crippen LogP contribution in [0.3, 0.4) is 0 Å². The zero-order chi connectivity index (χ0) is 13.5. The van der Waals surface area contributed by atoms with E-state index < -0.39 is 11.6 Å². The lowest BCUT2D eigenvalue weighted by molar-refractivity contribution is -0.121. The largest absolute Gasteiger partial charge is 0.352 e. The Morgan fingerprint density at radius 1 is 1.44 bits per heavy atom. The van der Waals surface area contributed by atoms with Crippen molar-refractivity contribution in [1.82, 2.24) is 5.32 Å². The molecule has 1 rings (SSSR count). The van der Waals surface area contributed by atoms with Crippen molar-refractivity contribution in [1.29, 1.82) is 0 Å². The van der Waals surface area contributed by atoms with Crippen LogP contribution in [0.2, 0.25) is 0 Å². The van der Waals surface area contributed by atoms with E-state index in [1.807, 2.05) is 6.92 Å². The van der Waals surface area contributed by atoms with Crippen molar-refractivity contribution in [2.75, 3.05) is 6.54 Å². The van der Waals surface area contributed by atoms with E-state index in [1.165, 1.54) is 12.1 Å². The topological polar surface area (TPSA) is 55.1 Å². The monoisotopic (exact) mass is 256 g/mol. The third kappa shape index (κ3) is 4.79. The lowest BCUT2D eigenvalue weighted by atomic mass is 10.1. The molecule has 18 heavy (non-hydrogen) atoms. The van der Waals surface area contributed by atoms with Gasteiger partial charge in [-0.3, -0.25) is 4.79 Å². The van der Waals surface area contributed by atoms with Crippen LogP contribution >= 0.6 is 0 Å². The number of rotatable bonds is 6. The normalized spacial score (nSPS) is 12.2. The SMILES string of the molecule is CC(CN)CCC(=O)NCc1ccc(F)cc1F. The van der Waals surface area contributed by atoms with Crippen LogP contribution in [0.25, 0.3) is 0 Å². The molecule has 0 saturated carbocycles. The summed E-state index contributed by atoms with van der Waals surface area (Å²) in [7, 11) is 0. The number of nitrogens with one attached hydrogen (secondary N) is 1. The Labute approximate surface area is 105 Å². The molecule has 1 unspecified atom stereocenters. The number of benzene rings is 1. The molecule has 0 fully saturated rings. The molecule has 0 heterocycles. The van der Waals surface area contributed by atoms with Crippen LogP contribution in [-0.2, 0) is 11.3 Å². The average Bonchev–Trinajstić information content (AvgIpc) is 2.34. The maximum atomic E-state index is 13.3. The predicted octanol–water partition coefficient (Wildman–Crippen LogP) is 1.96. The van der Waals surface area contributed by atoms with Crippen molar-refractivity contribution in [3.8, 4) is 0 Å². The Morgan fingerprint density at radius 2 is 2.17 bits per heavy atom. The van der Waals surface area contributed by atoms with Crippen molar-refractivity contribution in [3.63, 3.8) is 0 Å². The number of carbonyl (C=O) groups is 1. The Morgan fingerprint density at radius 3 is 2.78 bits per heavy atom. The van der Waals surface area contributed by atoms with E-state index in [4.69, 9.17) is 5.73 Å². The third-order valence-corrected chi connectivity index (χ3v) is 2.76. The first kappa shape index (κ1) is 14.6. The molecule has 100 valence electrons. The van der Waals surface area contributed by atoms with Gasteiger partial charge in [0, 0.05) is 24.6 Å². The van der Waals surface area contributed by atoms with Crippen LogP contribution < -0.4 is 11.1 Å². The first-order valence-corrected chi connectivity index (χ1v) is 5.93.